The molecule has 0 aromatic carbocycles. The highest BCUT2D eigenvalue weighted by molar-refractivity contribution is 5.91. The maximum atomic E-state index is 12.1. The molecule has 0 aromatic heterocycles. The Balaban J connectivity index is 2.86. The van der Waals surface area contributed by atoms with Gasteiger partial charge in [-0.2, -0.15) is 5.26 Å². The number of hydrogen-bond acceptors (Lipinski definition) is 3. The summed E-state index contributed by atoms with van der Waals surface area (Å²) in [5.74, 6) is -0.308. The molecular formula is C12H19N3O2. The van der Waals surface area contributed by atoms with E-state index in [1.54, 1.807) is 25.7 Å². The molecular weight excluding hydrogens is 218 g/mol. The molecule has 1 heterocycles. The van der Waals surface area contributed by atoms with E-state index < -0.39 is 11.5 Å². The second-order valence-corrected chi connectivity index (χ2v) is 4.83. The lowest BCUT2D eigenvalue weighted by Crippen LogP contribution is -2.59. The molecule has 0 bridgehead atoms. The number of hydrogen-bond donors (Lipinski definition) is 0. The monoisotopic (exact) mass is 237 g/mol. The summed E-state index contributed by atoms with van der Waals surface area (Å²) in [4.78, 5) is 27.3. The van der Waals surface area contributed by atoms with Crippen LogP contribution in [0.1, 0.15) is 27.7 Å². The van der Waals surface area contributed by atoms with Crippen LogP contribution >= 0.6 is 0 Å². The van der Waals surface area contributed by atoms with Crippen molar-refractivity contribution in [1.82, 2.24) is 9.80 Å². The second kappa shape index (κ2) is 4.74. The number of amides is 2. The third-order valence-corrected chi connectivity index (χ3v) is 3.20. The summed E-state index contributed by atoms with van der Waals surface area (Å²) in [7, 11) is 0. The van der Waals surface area contributed by atoms with Crippen LogP contribution in [0.5, 0.6) is 0 Å². The van der Waals surface area contributed by atoms with Gasteiger partial charge in [0, 0.05) is 19.6 Å². The van der Waals surface area contributed by atoms with Gasteiger partial charge in [0.25, 0.3) is 0 Å². The number of piperazine rings is 1. The van der Waals surface area contributed by atoms with E-state index in [0.29, 0.717) is 19.6 Å². The highest BCUT2D eigenvalue weighted by Crippen LogP contribution is 2.21. The van der Waals surface area contributed by atoms with Gasteiger partial charge in [0.2, 0.25) is 11.8 Å². The Morgan fingerprint density at radius 3 is 2.59 bits per heavy atom. The minimum Gasteiger partial charge on any atom is -0.339 e. The average molecular weight is 237 g/mol. The van der Waals surface area contributed by atoms with Crippen molar-refractivity contribution in [2.75, 3.05) is 19.6 Å². The fourth-order valence-corrected chi connectivity index (χ4v) is 1.93. The Bertz CT molecular complexity index is 370. The molecule has 94 valence electrons. The number of nitriles is 1. The molecule has 1 saturated heterocycles. The SMILES string of the molecule is CCN1CCN(C(=O)C(C)(C)C#N)[C@@H](C)C1=O. The summed E-state index contributed by atoms with van der Waals surface area (Å²) < 4.78 is 0. The molecule has 1 fully saturated rings. The van der Waals surface area contributed by atoms with Gasteiger partial charge >= 0.3 is 0 Å². The molecule has 1 atom stereocenters. The highest BCUT2D eigenvalue weighted by atomic mass is 16.2. The first-order valence-electron chi connectivity index (χ1n) is 5.86. The Morgan fingerprint density at radius 2 is 2.12 bits per heavy atom. The van der Waals surface area contributed by atoms with E-state index in [1.807, 2.05) is 13.0 Å². The maximum absolute atomic E-state index is 12.1. The molecule has 0 aromatic rings. The minimum atomic E-state index is -1.07. The second-order valence-electron chi connectivity index (χ2n) is 4.83. The molecule has 0 aliphatic carbocycles. The van der Waals surface area contributed by atoms with E-state index >= 15 is 0 Å². The van der Waals surface area contributed by atoms with Crippen LogP contribution in [0.15, 0.2) is 0 Å². The number of likely N-dealkylation sites (N-methyl/N-ethyl adjacent to an activating group) is 1. The molecule has 17 heavy (non-hydrogen) atoms. The van der Waals surface area contributed by atoms with Crippen LogP contribution < -0.4 is 0 Å². The van der Waals surface area contributed by atoms with Crippen LogP contribution in [0.2, 0.25) is 0 Å². The summed E-state index contributed by atoms with van der Waals surface area (Å²) in [5.41, 5.74) is -1.07. The lowest BCUT2D eigenvalue weighted by molar-refractivity contribution is -0.153. The van der Waals surface area contributed by atoms with Gasteiger partial charge in [-0.1, -0.05) is 0 Å². The number of nitrogens with zero attached hydrogens (tertiary/aromatic N) is 3. The molecule has 2 amide bonds. The van der Waals surface area contributed by atoms with Crippen molar-refractivity contribution in [2.45, 2.75) is 33.7 Å². The van der Waals surface area contributed by atoms with Crippen molar-refractivity contribution in [1.29, 1.82) is 5.26 Å². The third-order valence-electron chi connectivity index (χ3n) is 3.20. The predicted molar refractivity (Wildman–Crippen MR) is 62.8 cm³/mol. The molecule has 1 aliphatic rings. The first-order chi connectivity index (χ1) is 7.85. The van der Waals surface area contributed by atoms with E-state index in [9.17, 15) is 9.59 Å². The van der Waals surface area contributed by atoms with Crippen LogP contribution in [0.3, 0.4) is 0 Å². The Morgan fingerprint density at radius 1 is 1.53 bits per heavy atom. The third kappa shape index (κ3) is 2.41. The smallest absolute Gasteiger partial charge is 0.245 e. The van der Waals surface area contributed by atoms with E-state index in [4.69, 9.17) is 5.26 Å². The van der Waals surface area contributed by atoms with Crippen molar-refractivity contribution in [3.63, 3.8) is 0 Å². The molecule has 0 unspecified atom stereocenters. The fraction of sp³-hybridized carbons (Fsp3) is 0.750. The fourth-order valence-electron chi connectivity index (χ4n) is 1.93. The summed E-state index contributed by atoms with van der Waals surface area (Å²) in [6.45, 7) is 8.51. The summed E-state index contributed by atoms with van der Waals surface area (Å²) in [5, 5.41) is 8.95. The Hall–Kier alpha value is -1.57. The van der Waals surface area contributed by atoms with Crippen molar-refractivity contribution >= 4 is 11.8 Å². The summed E-state index contributed by atoms with van der Waals surface area (Å²) in [6, 6.07) is 1.51. The van der Waals surface area contributed by atoms with Gasteiger partial charge in [0.05, 0.1) is 6.07 Å². The van der Waals surface area contributed by atoms with Gasteiger partial charge in [-0.3, -0.25) is 9.59 Å². The maximum Gasteiger partial charge on any atom is 0.245 e. The van der Waals surface area contributed by atoms with Gasteiger partial charge in [0.15, 0.2) is 0 Å². The van der Waals surface area contributed by atoms with Crippen LogP contribution in [-0.2, 0) is 9.59 Å². The molecule has 1 rings (SSSR count). The van der Waals surface area contributed by atoms with Gasteiger partial charge in [-0.05, 0) is 27.7 Å². The molecule has 0 spiro atoms. The van der Waals surface area contributed by atoms with Gasteiger partial charge in [0.1, 0.15) is 11.5 Å². The lowest BCUT2D eigenvalue weighted by Gasteiger charge is -2.40. The van der Waals surface area contributed by atoms with Crippen molar-refractivity contribution in [3.8, 4) is 6.07 Å². The zero-order valence-electron chi connectivity index (χ0n) is 10.9. The first kappa shape index (κ1) is 13.5. The van der Waals surface area contributed by atoms with E-state index in [0.717, 1.165) is 0 Å². The first-order valence-corrected chi connectivity index (χ1v) is 5.86. The number of carbonyl (C=O) groups excluding carboxylic acids is 2. The highest BCUT2D eigenvalue weighted by Gasteiger charge is 2.39. The topological polar surface area (TPSA) is 64.4 Å². The Labute approximate surface area is 102 Å². The van der Waals surface area contributed by atoms with Gasteiger partial charge < -0.3 is 9.80 Å². The summed E-state index contributed by atoms with van der Waals surface area (Å²) >= 11 is 0. The predicted octanol–water partition coefficient (Wildman–Crippen LogP) is 0.615. The molecule has 0 saturated carbocycles. The summed E-state index contributed by atoms with van der Waals surface area (Å²) in [6.07, 6.45) is 0. The zero-order chi connectivity index (χ0) is 13.2. The normalized spacial score (nSPS) is 21.4. The molecule has 0 N–H and O–H groups in total. The van der Waals surface area contributed by atoms with Gasteiger partial charge in [-0.25, -0.2) is 0 Å². The van der Waals surface area contributed by atoms with E-state index in [-0.39, 0.29) is 11.8 Å². The largest absolute Gasteiger partial charge is 0.339 e. The molecule has 5 heteroatoms. The average Bonchev–Trinajstić information content (AvgIpc) is 2.31. The van der Waals surface area contributed by atoms with Crippen LogP contribution in [0, 0.1) is 16.7 Å². The van der Waals surface area contributed by atoms with Crippen LogP contribution in [0.25, 0.3) is 0 Å². The van der Waals surface area contributed by atoms with Crippen LogP contribution in [-0.4, -0.2) is 47.3 Å². The Kier molecular flexibility index (Phi) is 3.76. The zero-order valence-corrected chi connectivity index (χ0v) is 10.9. The molecule has 5 nitrogen and oxygen atoms in total. The standard InChI is InChI=1S/C12H19N3O2/c1-5-14-6-7-15(9(2)10(14)16)11(17)12(3,4)8-13/h9H,5-7H2,1-4H3/t9-/m0/s1. The van der Waals surface area contributed by atoms with Crippen molar-refractivity contribution in [2.24, 2.45) is 5.41 Å². The van der Waals surface area contributed by atoms with E-state index in [1.165, 1.54) is 4.90 Å². The quantitative estimate of drug-likeness (QED) is 0.707. The van der Waals surface area contributed by atoms with Crippen molar-refractivity contribution in [3.05, 3.63) is 0 Å². The molecule has 1 aliphatic heterocycles. The number of carbonyl (C=O) groups is 2. The molecule has 0 radical (unpaired) electrons. The van der Waals surface area contributed by atoms with Crippen molar-refractivity contribution < 1.29 is 9.59 Å². The van der Waals surface area contributed by atoms with Gasteiger partial charge in [-0.15, -0.1) is 0 Å². The van der Waals surface area contributed by atoms with E-state index in [2.05, 4.69) is 0 Å². The number of rotatable bonds is 2. The van der Waals surface area contributed by atoms with Crippen LogP contribution in [0.4, 0.5) is 0 Å². The lowest BCUT2D eigenvalue weighted by atomic mass is 9.92. The minimum absolute atomic E-state index is 0.0409.